The van der Waals surface area contributed by atoms with Crippen molar-refractivity contribution in [1.82, 2.24) is 9.80 Å². The lowest BCUT2D eigenvalue weighted by molar-refractivity contribution is 0.0784. The van der Waals surface area contributed by atoms with E-state index >= 15 is 0 Å². The van der Waals surface area contributed by atoms with E-state index < -0.39 is 0 Å². The monoisotopic (exact) mass is 296 g/mol. The van der Waals surface area contributed by atoms with E-state index in [-0.39, 0.29) is 0 Å². The summed E-state index contributed by atoms with van der Waals surface area (Å²) in [5, 5.41) is 0. The maximum atomic E-state index is 2.75. The summed E-state index contributed by atoms with van der Waals surface area (Å²) in [7, 11) is 0. The molecule has 0 aromatic heterocycles. The first kappa shape index (κ1) is 19.0. The molecule has 0 aromatic carbocycles. The molecule has 2 atom stereocenters. The Balaban J connectivity index is 0.00000106. The Kier molecular flexibility index (Phi) is 8.89. The molecular weight excluding hydrogens is 256 g/mol. The fourth-order valence-electron chi connectivity index (χ4n) is 3.97. The van der Waals surface area contributed by atoms with Gasteiger partial charge >= 0.3 is 0 Å². The van der Waals surface area contributed by atoms with E-state index in [0.29, 0.717) is 0 Å². The highest BCUT2D eigenvalue weighted by atomic mass is 15.2. The van der Waals surface area contributed by atoms with Crippen LogP contribution >= 0.6 is 0 Å². The Hall–Kier alpha value is -0.0800. The van der Waals surface area contributed by atoms with Gasteiger partial charge in [-0.15, -0.1) is 0 Å². The molecule has 0 radical (unpaired) electrons. The first-order chi connectivity index (χ1) is 10.1. The van der Waals surface area contributed by atoms with Crippen LogP contribution in [-0.4, -0.2) is 49.1 Å². The third-order valence-corrected chi connectivity index (χ3v) is 5.68. The number of likely N-dealkylation sites (tertiary alicyclic amines) is 2. The summed E-state index contributed by atoms with van der Waals surface area (Å²) in [5.74, 6) is 3.69. The third kappa shape index (κ3) is 5.90. The van der Waals surface area contributed by atoms with Crippen LogP contribution in [0.4, 0.5) is 0 Å². The summed E-state index contributed by atoms with van der Waals surface area (Å²) < 4.78 is 0. The van der Waals surface area contributed by atoms with E-state index in [1.54, 1.807) is 0 Å². The molecule has 126 valence electrons. The molecule has 0 spiro atoms. The van der Waals surface area contributed by atoms with Gasteiger partial charge < -0.3 is 9.80 Å². The van der Waals surface area contributed by atoms with E-state index in [2.05, 4.69) is 37.5 Å². The van der Waals surface area contributed by atoms with Gasteiger partial charge in [-0.05, 0) is 69.1 Å². The maximum Gasteiger partial charge on any atom is 0.00132 e. The first-order valence-electron chi connectivity index (χ1n) is 9.54. The number of piperidine rings is 2. The number of nitrogens with zero attached hydrogens (tertiary/aromatic N) is 2. The van der Waals surface area contributed by atoms with Crippen LogP contribution < -0.4 is 0 Å². The van der Waals surface area contributed by atoms with Crippen LogP contribution in [0.1, 0.15) is 60.8 Å². The van der Waals surface area contributed by atoms with Crippen molar-refractivity contribution in [1.29, 1.82) is 0 Å². The Morgan fingerprint density at radius 1 is 0.952 bits per heavy atom. The van der Waals surface area contributed by atoms with Crippen LogP contribution in [0.25, 0.3) is 0 Å². The fraction of sp³-hybridized carbons (Fsp3) is 1.00. The van der Waals surface area contributed by atoms with Gasteiger partial charge in [-0.3, -0.25) is 0 Å². The van der Waals surface area contributed by atoms with Gasteiger partial charge in [-0.25, -0.2) is 0 Å². The number of rotatable bonds is 4. The Morgan fingerprint density at radius 3 is 2.00 bits per heavy atom. The van der Waals surface area contributed by atoms with Crippen LogP contribution in [0.2, 0.25) is 0 Å². The molecule has 0 aromatic rings. The molecule has 2 unspecified atom stereocenters. The molecule has 0 saturated carbocycles. The summed E-state index contributed by atoms with van der Waals surface area (Å²) in [4.78, 5) is 5.37. The summed E-state index contributed by atoms with van der Waals surface area (Å²) in [5.41, 5.74) is 0. The summed E-state index contributed by atoms with van der Waals surface area (Å²) in [6.45, 7) is 21.5. The second-order valence-corrected chi connectivity index (χ2v) is 7.30. The molecule has 2 aliphatic rings. The van der Waals surface area contributed by atoms with E-state index in [1.165, 1.54) is 58.5 Å². The molecule has 0 N–H and O–H groups in total. The minimum absolute atomic E-state index is 0.883. The van der Waals surface area contributed by atoms with Crippen LogP contribution in [0.5, 0.6) is 0 Å². The van der Waals surface area contributed by atoms with Gasteiger partial charge in [0.2, 0.25) is 0 Å². The zero-order chi connectivity index (χ0) is 15.8. The van der Waals surface area contributed by atoms with E-state index in [1.807, 2.05) is 13.8 Å². The van der Waals surface area contributed by atoms with Crippen molar-refractivity contribution in [3.05, 3.63) is 0 Å². The van der Waals surface area contributed by atoms with Crippen molar-refractivity contribution >= 4 is 0 Å². The third-order valence-electron chi connectivity index (χ3n) is 5.68. The molecule has 2 heteroatoms. The van der Waals surface area contributed by atoms with E-state index in [4.69, 9.17) is 0 Å². The predicted octanol–water partition coefficient (Wildman–Crippen LogP) is 4.36. The largest absolute Gasteiger partial charge is 0.303 e. The topological polar surface area (TPSA) is 6.48 Å². The minimum atomic E-state index is 0.883. The van der Waals surface area contributed by atoms with Gasteiger partial charge in [-0.1, -0.05) is 41.5 Å². The maximum absolute atomic E-state index is 2.75. The second-order valence-electron chi connectivity index (χ2n) is 7.30. The molecule has 21 heavy (non-hydrogen) atoms. The molecule has 0 bridgehead atoms. The highest BCUT2D eigenvalue weighted by Crippen LogP contribution is 2.28. The smallest absolute Gasteiger partial charge is 0.00132 e. The normalized spacial score (nSPS) is 29.3. The highest BCUT2D eigenvalue weighted by molar-refractivity contribution is 4.82. The lowest BCUT2D eigenvalue weighted by atomic mass is 9.84. The van der Waals surface area contributed by atoms with Gasteiger partial charge in [0.25, 0.3) is 0 Å². The first-order valence-corrected chi connectivity index (χ1v) is 9.54. The second kappa shape index (κ2) is 9.84. The lowest BCUT2D eigenvalue weighted by Gasteiger charge is -2.41. The van der Waals surface area contributed by atoms with Gasteiger partial charge in [0, 0.05) is 13.1 Å². The van der Waals surface area contributed by atoms with Crippen molar-refractivity contribution in [3.63, 3.8) is 0 Å². The lowest BCUT2D eigenvalue weighted by Crippen LogP contribution is -2.45. The molecule has 2 aliphatic heterocycles. The molecule has 2 rings (SSSR count). The Morgan fingerprint density at radius 2 is 1.52 bits per heavy atom. The van der Waals surface area contributed by atoms with Crippen molar-refractivity contribution in [2.75, 3.05) is 39.3 Å². The standard InChI is InChI=1S/C17H34N2.C2H6/c1-5-18-9-8-17(15(4)12-18)13-19-10-6-16(7-11-19)14(2)3;1-2/h14-17H,5-13H2,1-4H3;1-2H3. The van der Waals surface area contributed by atoms with Crippen molar-refractivity contribution in [3.8, 4) is 0 Å². The van der Waals surface area contributed by atoms with Crippen LogP contribution in [0.3, 0.4) is 0 Å². The molecule has 2 saturated heterocycles. The summed E-state index contributed by atoms with van der Waals surface area (Å²) in [6.07, 6.45) is 4.28. The number of hydrogen-bond acceptors (Lipinski definition) is 2. The van der Waals surface area contributed by atoms with Gasteiger partial charge in [0.05, 0.1) is 0 Å². The molecule has 2 nitrogen and oxygen atoms in total. The van der Waals surface area contributed by atoms with Crippen molar-refractivity contribution in [2.24, 2.45) is 23.7 Å². The summed E-state index contributed by atoms with van der Waals surface area (Å²) >= 11 is 0. The highest BCUT2D eigenvalue weighted by Gasteiger charge is 2.28. The van der Waals surface area contributed by atoms with Crippen LogP contribution in [-0.2, 0) is 0 Å². The van der Waals surface area contributed by atoms with E-state index in [9.17, 15) is 0 Å². The predicted molar refractivity (Wildman–Crippen MR) is 94.7 cm³/mol. The van der Waals surface area contributed by atoms with Gasteiger partial charge in [-0.2, -0.15) is 0 Å². The van der Waals surface area contributed by atoms with E-state index in [0.717, 1.165) is 23.7 Å². The minimum Gasteiger partial charge on any atom is -0.303 e. The molecule has 0 aliphatic carbocycles. The summed E-state index contributed by atoms with van der Waals surface area (Å²) in [6, 6.07) is 0. The zero-order valence-electron chi connectivity index (χ0n) is 15.6. The molecule has 0 amide bonds. The molecular formula is C19H40N2. The average molecular weight is 297 g/mol. The van der Waals surface area contributed by atoms with Crippen molar-refractivity contribution in [2.45, 2.75) is 60.8 Å². The van der Waals surface area contributed by atoms with Gasteiger partial charge in [0.15, 0.2) is 0 Å². The van der Waals surface area contributed by atoms with Crippen molar-refractivity contribution < 1.29 is 0 Å². The quantitative estimate of drug-likeness (QED) is 0.760. The molecule has 2 fully saturated rings. The average Bonchev–Trinajstić information content (AvgIpc) is 2.51. The van der Waals surface area contributed by atoms with Crippen LogP contribution in [0.15, 0.2) is 0 Å². The SMILES string of the molecule is CC.CCN1CCC(CN2CCC(C(C)C)CC2)C(C)C1. The fourth-order valence-corrected chi connectivity index (χ4v) is 3.97. The number of hydrogen-bond donors (Lipinski definition) is 0. The molecule has 2 heterocycles. The van der Waals surface area contributed by atoms with Crippen LogP contribution in [0, 0.1) is 23.7 Å². The zero-order valence-corrected chi connectivity index (χ0v) is 15.6. The van der Waals surface area contributed by atoms with Gasteiger partial charge in [0.1, 0.15) is 0 Å². The Labute approximate surface area is 134 Å². The Bertz CT molecular complexity index is 256.